The van der Waals surface area contributed by atoms with Crippen LogP contribution in [0.15, 0.2) is 18.2 Å². The van der Waals surface area contributed by atoms with Gasteiger partial charge in [-0.05, 0) is 37.0 Å². The third-order valence-corrected chi connectivity index (χ3v) is 5.31. The highest BCUT2D eigenvalue weighted by molar-refractivity contribution is 9.09. The van der Waals surface area contributed by atoms with Crippen LogP contribution in [-0.4, -0.2) is 19.0 Å². The van der Waals surface area contributed by atoms with E-state index >= 15 is 0 Å². The molecular weight excluding hydrogens is 304 g/mol. The lowest BCUT2D eigenvalue weighted by atomic mass is 9.90. The molecule has 0 unspecified atom stereocenters. The fraction of sp³-hybridized carbons (Fsp3) is 0.625. The normalized spacial score (nSPS) is 17.4. The zero-order chi connectivity index (χ0) is 13.7. The number of rotatable bonds is 6. The molecule has 1 aliphatic rings. The summed E-state index contributed by atoms with van der Waals surface area (Å²) in [5.41, 5.74) is 1.59. The van der Waals surface area contributed by atoms with Crippen molar-refractivity contribution < 1.29 is 9.47 Å². The number of halogens is 1. The van der Waals surface area contributed by atoms with Crippen LogP contribution in [0.4, 0.5) is 0 Å². The third kappa shape index (κ3) is 3.44. The molecule has 0 atom stereocenters. The summed E-state index contributed by atoms with van der Waals surface area (Å²) in [5.74, 6) is 1.72. The van der Waals surface area contributed by atoms with Crippen LogP contribution in [0.1, 0.15) is 38.2 Å². The van der Waals surface area contributed by atoms with Gasteiger partial charge in [0.1, 0.15) is 0 Å². The molecule has 0 amide bonds. The van der Waals surface area contributed by atoms with Gasteiger partial charge in [-0.25, -0.2) is 0 Å². The maximum Gasteiger partial charge on any atom is 0.161 e. The molecule has 1 saturated carbocycles. The number of ether oxygens (including phenoxy) is 2. The van der Waals surface area contributed by atoms with Gasteiger partial charge in [0.15, 0.2) is 11.5 Å². The van der Waals surface area contributed by atoms with Gasteiger partial charge in [0.25, 0.3) is 0 Å². The zero-order valence-electron chi connectivity index (χ0n) is 11.9. The first-order valence-electron chi connectivity index (χ1n) is 7.09. The summed E-state index contributed by atoms with van der Waals surface area (Å²) in [6.45, 7) is 2.92. The Labute approximate surface area is 124 Å². The van der Waals surface area contributed by atoms with Crippen molar-refractivity contribution in [2.24, 2.45) is 5.41 Å². The minimum absolute atomic E-state index is 0.314. The molecular formula is C16H23BrO2. The number of methoxy groups -OCH3 is 1. The number of hydrogen-bond acceptors (Lipinski definition) is 2. The van der Waals surface area contributed by atoms with E-state index in [4.69, 9.17) is 9.47 Å². The van der Waals surface area contributed by atoms with Crippen molar-refractivity contribution >= 4 is 15.9 Å². The molecule has 0 heterocycles. The molecule has 1 aliphatic carbocycles. The van der Waals surface area contributed by atoms with Crippen LogP contribution in [0.5, 0.6) is 11.5 Å². The molecule has 2 nitrogen and oxygen atoms in total. The number of aryl methyl sites for hydroxylation is 1. The first kappa shape index (κ1) is 14.7. The molecule has 0 saturated heterocycles. The lowest BCUT2D eigenvalue weighted by molar-refractivity contribution is 0.169. The Morgan fingerprint density at radius 3 is 2.53 bits per heavy atom. The highest BCUT2D eigenvalue weighted by Crippen LogP contribution is 2.41. The summed E-state index contributed by atoms with van der Waals surface area (Å²) in [7, 11) is 1.71. The molecule has 0 aliphatic heterocycles. The minimum Gasteiger partial charge on any atom is -0.493 e. The SMILES string of the molecule is CCc1ccc(OCC2(CBr)CCCC2)c(OC)c1. The smallest absolute Gasteiger partial charge is 0.161 e. The van der Waals surface area contributed by atoms with Crippen molar-refractivity contribution in [1.29, 1.82) is 0 Å². The van der Waals surface area contributed by atoms with Crippen LogP contribution in [0.25, 0.3) is 0 Å². The Hall–Kier alpha value is -0.700. The van der Waals surface area contributed by atoms with Crippen molar-refractivity contribution in [2.75, 3.05) is 19.0 Å². The van der Waals surface area contributed by atoms with E-state index < -0.39 is 0 Å². The van der Waals surface area contributed by atoms with Crippen molar-refractivity contribution in [3.63, 3.8) is 0 Å². The molecule has 0 spiro atoms. The first-order chi connectivity index (χ1) is 9.23. The van der Waals surface area contributed by atoms with Crippen LogP contribution in [0.3, 0.4) is 0 Å². The van der Waals surface area contributed by atoms with Crippen LogP contribution < -0.4 is 9.47 Å². The van der Waals surface area contributed by atoms with Gasteiger partial charge in [-0.15, -0.1) is 0 Å². The number of benzene rings is 1. The van der Waals surface area contributed by atoms with Gasteiger partial charge >= 0.3 is 0 Å². The molecule has 0 radical (unpaired) electrons. The molecule has 1 aromatic carbocycles. The summed E-state index contributed by atoms with van der Waals surface area (Å²) in [6.07, 6.45) is 6.17. The maximum absolute atomic E-state index is 6.05. The predicted molar refractivity (Wildman–Crippen MR) is 82.6 cm³/mol. The Bertz CT molecular complexity index is 411. The van der Waals surface area contributed by atoms with E-state index in [1.165, 1.54) is 31.2 Å². The highest BCUT2D eigenvalue weighted by atomic mass is 79.9. The van der Waals surface area contributed by atoms with Crippen LogP contribution in [-0.2, 0) is 6.42 Å². The van der Waals surface area contributed by atoms with Crippen LogP contribution >= 0.6 is 15.9 Å². The van der Waals surface area contributed by atoms with E-state index in [2.05, 4.69) is 35.0 Å². The van der Waals surface area contributed by atoms with Gasteiger partial charge in [0.05, 0.1) is 13.7 Å². The average molecular weight is 327 g/mol. The lowest BCUT2D eigenvalue weighted by Crippen LogP contribution is -2.27. The van der Waals surface area contributed by atoms with Crippen molar-refractivity contribution in [3.05, 3.63) is 23.8 Å². The van der Waals surface area contributed by atoms with Gasteiger partial charge < -0.3 is 9.47 Å². The molecule has 19 heavy (non-hydrogen) atoms. The summed E-state index contributed by atoms with van der Waals surface area (Å²) in [4.78, 5) is 0. The predicted octanol–water partition coefficient (Wildman–Crippen LogP) is 4.59. The Morgan fingerprint density at radius 2 is 1.95 bits per heavy atom. The van der Waals surface area contributed by atoms with E-state index in [0.717, 1.165) is 29.9 Å². The first-order valence-corrected chi connectivity index (χ1v) is 8.21. The molecule has 0 bridgehead atoms. The molecule has 3 heteroatoms. The zero-order valence-corrected chi connectivity index (χ0v) is 13.5. The summed E-state index contributed by atoms with van der Waals surface area (Å²) < 4.78 is 11.5. The van der Waals surface area contributed by atoms with Gasteiger partial charge in [0.2, 0.25) is 0 Å². The summed E-state index contributed by atoms with van der Waals surface area (Å²) in [6, 6.07) is 6.23. The number of hydrogen-bond donors (Lipinski definition) is 0. The largest absolute Gasteiger partial charge is 0.493 e. The van der Waals surface area contributed by atoms with Crippen molar-refractivity contribution in [2.45, 2.75) is 39.0 Å². The molecule has 0 aromatic heterocycles. The molecule has 2 rings (SSSR count). The average Bonchev–Trinajstić information content (AvgIpc) is 2.94. The molecule has 1 aromatic rings. The highest BCUT2D eigenvalue weighted by Gasteiger charge is 2.33. The van der Waals surface area contributed by atoms with E-state index in [9.17, 15) is 0 Å². The second-order valence-electron chi connectivity index (χ2n) is 5.47. The van der Waals surface area contributed by atoms with Crippen LogP contribution in [0, 0.1) is 5.41 Å². The molecule has 0 N–H and O–H groups in total. The van der Waals surface area contributed by atoms with E-state index in [0.29, 0.717) is 5.41 Å². The maximum atomic E-state index is 6.05. The monoisotopic (exact) mass is 326 g/mol. The lowest BCUT2D eigenvalue weighted by Gasteiger charge is -2.26. The minimum atomic E-state index is 0.314. The Kier molecular flexibility index (Phi) is 5.14. The third-order valence-electron chi connectivity index (χ3n) is 4.12. The molecule has 1 fully saturated rings. The number of alkyl halides is 1. The quantitative estimate of drug-likeness (QED) is 0.712. The van der Waals surface area contributed by atoms with Gasteiger partial charge in [0, 0.05) is 10.7 Å². The van der Waals surface area contributed by atoms with Crippen molar-refractivity contribution in [1.82, 2.24) is 0 Å². The fourth-order valence-corrected chi connectivity index (χ4v) is 3.45. The van der Waals surface area contributed by atoms with Gasteiger partial charge in [-0.1, -0.05) is 41.8 Å². The second-order valence-corrected chi connectivity index (χ2v) is 6.03. The second kappa shape index (κ2) is 6.65. The summed E-state index contributed by atoms with van der Waals surface area (Å²) in [5, 5.41) is 1.02. The Morgan fingerprint density at radius 1 is 1.21 bits per heavy atom. The van der Waals surface area contributed by atoms with E-state index in [1.54, 1.807) is 7.11 Å². The summed E-state index contributed by atoms with van der Waals surface area (Å²) >= 11 is 3.65. The molecule has 106 valence electrons. The van der Waals surface area contributed by atoms with Gasteiger partial charge in [-0.2, -0.15) is 0 Å². The van der Waals surface area contributed by atoms with E-state index in [1.807, 2.05) is 6.07 Å². The van der Waals surface area contributed by atoms with E-state index in [-0.39, 0.29) is 0 Å². The fourth-order valence-electron chi connectivity index (χ4n) is 2.72. The standard InChI is InChI=1S/C16H23BrO2/c1-3-13-6-7-14(15(10-13)18-2)19-12-16(11-17)8-4-5-9-16/h6-7,10H,3-5,8-9,11-12H2,1-2H3. The van der Waals surface area contributed by atoms with Crippen molar-refractivity contribution in [3.8, 4) is 11.5 Å². The Balaban J connectivity index is 2.06. The van der Waals surface area contributed by atoms with Crippen LogP contribution in [0.2, 0.25) is 0 Å². The van der Waals surface area contributed by atoms with Gasteiger partial charge in [-0.3, -0.25) is 0 Å². The topological polar surface area (TPSA) is 18.5 Å².